The predicted molar refractivity (Wildman–Crippen MR) is 61.5 cm³/mol. The lowest BCUT2D eigenvalue weighted by Gasteiger charge is -2.00. The lowest BCUT2D eigenvalue weighted by atomic mass is 10.1. The van der Waals surface area contributed by atoms with Crippen LogP contribution in [-0.2, 0) is 0 Å². The Morgan fingerprint density at radius 3 is 2.81 bits per heavy atom. The number of hydrogen-bond donors (Lipinski definition) is 2. The maximum Gasteiger partial charge on any atom is 0.124 e. The summed E-state index contributed by atoms with van der Waals surface area (Å²) in [5, 5.41) is 6.66. The van der Waals surface area contributed by atoms with Crippen LogP contribution in [0.1, 0.15) is 0 Å². The van der Waals surface area contributed by atoms with Crippen LogP contribution in [0.4, 0.5) is 5.82 Å². The molecule has 16 heavy (non-hydrogen) atoms. The molecule has 0 aliphatic carbocycles. The van der Waals surface area contributed by atoms with Gasteiger partial charge in [0.1, 0.15) is 5.82 Å². The highest BCUT2D eigenvalue weighted by Gasteiger charge is 2.02. The van der Waals surface area contributed by atoms with Gasteiger partial charge in [-0.1, -0.05) is 0 Å². The summed E-state index contributed by atoms with van der Waals surface area (Å²) < 4.78 is 0. The summed E-state index contributed by atoms with van der Waals surface area (Å²) >= 11 is 0. The quantitative estimate of drug-likeness (QED) is 0.640. The number of anilines is 1. The molecule has 0 saturated carbocycles. The van der Waals surface area contributed by atoms with Gasteiger partial charge in [0.15, 0.2) is 0 Å². The SMILES string of the molecule is Nc1ccc2ncc(-c3cn[nH]c3)cc2n1. The van der Waals surface area contributed by atoms with Crippen molar-refractivity contribution in [3.8, 4) is 11.1 Å². The normalized spacial score (nSPS) is 10.8. The van der Waals surface area contributed by atoms with Crippen LogP contribution in [0.3, 0.4) is 0 Å². The van der Waals surface area contributed by atoms with Gasteiger partial charge in [0.05, 0.1) is 17.2 Å². The van der Waals surface area contributed by atoms with E-state index in [-0.39, 0.29) is 0 Å². The molecule has 5 nitrogen and oxygen atoms in total. The van der Waals surface area contributed by atoms with Crippen molar-refractivity contribution >= 4 is 16.9 Å². The molecule has 0 aromatic carbocycles. The molecular weight excluding hydrogens is 202 g/mol. The number of nitrogens with one attached hydrogen (secondary N) is 1. The van der Waals surface area contributed by atoms with E-state index in [0.717, 1.165) is 22.2 Å². The number of pyridine rings is 2. The summed E-state index contributed by atoms with van der Waals surface area (Å²) in [5.41, 5.74) is 9.22. The first-order valence-electron chi connectivity index (χ1n) is 4.84. The molecule has 78 valence electrons. The van der Waals surface area contributed by atoms with Crippen molar-refractivity contribution in [3.63, 3.8) is 0 Å². The van der Waals surface area contributed by atoms with Crippen molar-refractivity contribution in [2.75, 3.05) is 5.73 Å². The Balaban J connectivity index is 2.22. The Morgan fingerprint density at radius 1 is 1.06 bits per heavy atom. The monoisotopic (exact) mass is 211 g/mol. The van der Waals surface area contributed by atoms with E-state index in [4.69, 9.17) is 5.73 Å². The maximum atomic E-state index is 5.64. The second kappa shape index (κ2) is 3.30. The smallest absolute Gasteiger partial charge is 0.124 e. The van der Waals surface area contributed by atoms with Crippen molar-refractivity contribution in [1.29, 1.82) is 0 Å². The fraction of sp³-hybridized carbons (Fsp3) is 0. The van der Waals surface area contributed by atoms with E-state index < -0.39 is 0 Å². The number of aromatic amines is 1. The first kappa shape index (κ1) is 8.84. The zero-order valence-electron chi connectivity index (χ0n) is 8.38. The van der Waals surface area contributed by atoms with Crippen molar-refractivity contribution in [2.45, 2.75) is 0 Å². The van der Waals surface area contributed by atoms with Gasteiger partial charge in [-0.05, 0) is 18.2 Å². The highest BCUT2D eigenvalue weighted by atomic mass is 15.1. The molecule has 3 heterocycles. The van der Waals surface area contributed by atoms with Gasteiger partial charge in [0.25, 0.3) is 0 Å². The Bertz CT molecular complexity index is 630. The van der Waals surface area contributed by atoms with Gasteiger partial charge in [0, 0.05) is 23.5 Å². The third-order valence-electron chi connectivity index (χ3n) is 2.39. The first-order chi connectivity index (χ1) is 7.83. The zero-order valence-corrected chi connectivity index (χ0v) is 8.38. The Hall–Kier alpha value is -2.43. The fourth-order valence-corrected chi connectivity index (χ4v) is 1.59. The van der Waals surface area contributed by atoms with Gasteiger partial charge >= 0.3 is 0 Å². The fourth-order valence-electron chi connectivity index (χ4n) is 1.59. The van der Waals surface area contributed by atoms with Crippen molar-refractivity contribution in [2.24, 2.45) is 0 Å². The van der Waals surface area contributed by atoms with Crippen LogP contribution in [-0.4, -0.2) is 20.2 Å². The summed E-state index contributed by atoms with van der Waals surface area (Å²) in [5.74, 6) is 0.499. The number of fused-ring (bicyclic) bond motifs is 1. The molecule has 3 aromatic heterocycles. The summed E-state index contributed by atoms with van der Waals surface area (Å²) in [6, 6.07) is 5.55. The summed E-state index contributed by atoms with van der Waals surface area (Å²) in [6.07, 6.45) is 5.36. The minimum atomic E-state index is 0.499. The third-order valence-corrected chi connectivity index (χ3v) is 2.39. The van der Waals surface area contributed by atoms with Crippen LogP contribution in [0.25, 0.3) is 22.2 Å². The largest absolute Gasteiger partial charge is 0.384 e. The van der Waals surface area contributed by atoms with Gasteiger partial charge in [-0.15, -0.1) is 0 Å². The lowest BCUT2D eigenvalue weighted by Crippen LogP contribution is -1.91. The van der Waals surface area contributed by atoms with Crippen LogP contribution >= 0.6 is 0 Å². The molecule has 0 bridgehead atoms. The van der Waals surface area contributed by atoms with Crippen molar-refractivity contribution in [1.82, 2.24) is 20.2 Å². The number of aromatic nitrogens is 4. The Kier molecular flexibility index (Phi) is 1.83. The molecule has 0 spiro atoms. The van der Waals surface area contributed by atoms with Crippen LogP contribution in [0, 0.1) is 0 Å². The Morgan fingerprint density at radius 2 is 2.00 bits per heavy atom. The molecule has 0 amide bonds. The molecule has 0 aliphatic rings. The summed E-state index contributed by atoms with van der Waals surface area (Å²) in [7, 11) is 0. The van der Waals surface area contributed by atoms with Crippen molar-refractivity contribution in [3.05, 3.63) is 36.8 Å². The predicted octanol–water partition coefficient (Wildman–Crippen LogP) is 1.60. The second-order valence-corrected chi connectivity index (χ2v) is 3.49. The molecule has 0 radical (unpaired) electrons. The summed E-state index contributed by atoms with van der Waals surface area (Å²) in [6.45, 7) is 0. The Labute approximate surface area is 91.3 Å². The first-order valence-corrected chi connectivity index (χ1v) is 4.84. The standard InChI is InChI=1S/C11H9N5/c12-11-2-1-9-10(16-11)3-7(4-13-9)8-5-14-15-6-8/h1-6H,(H2,12,16)(H,14,15). The van der Waals surface area contributed by atoms with Gasteiger partial charge in [-0.2, -0.15) is 5.10 Å². The van der Waals surface area contributed by atoms with E-state index in [1.54, 1.807) is 18.5 Å². The highest BCUT2D eigenvalue weighted by Crippen LogP contribution is 2.20. The number of H-pyrrole nitrogens is 1. The minimum absolute atomic E-state index is 0.499. The third kappa shape index (κ3) is 1.38. The highest BCUT2D eigenvalue weighted by molar-refractivity contribution is 5.80. The number of nitrogens with zero attached hydrogens (tertiary/aromatic N) is 3. The molecule has 0 aliphatic heterocycles. The van der Waals surface area contributed by atoms with Gasteiger partial charge in [-0.3, -0.25) is 10.1 Å². The summed E-state index contributed by atoms with van der Waals surface area (Å²) in [4.78, 5) is 8.55. The van der Waals surface area contributed by atoms with Crippen LogP contribution in [0.2, 0.25) is 0 Å². The number of nitrogens with two attached hydrogens (primary N) is 1. The van der Waals surface area contributed by atoms with E-state index in [1.165, 1.54) is 0 Å². The second-order valence-electron chi connectivity index (χ2n) is 3.49. The average molecular weight is 211 g/mol. The molecule has 5 heteroatoms. The lowest BCUT2D eigenvalue weighted by molar-refractivity contribution is 1.09. The van der Waals surface area contributed by atoms with Crippen LogP contribution in [0.15, 0.2) is 36.8 Å². The van der Waals surface area contributed by atoms with Gasteiger partial charge in [-0.25, -0.2) is 4.98 Å². The molecule has 3 N–H and O–H groups in total. The molecule has 3 aromatic rings. The van der Waals surface area contributed by atoms with Crippen LogP contribution < -0.4 is 5.73 Å². The van der Waals surface area contributed by atoms with E-state index in [1.807, 2.05) is 18.3 Å². The number of hydrogen-bond acceptors (Lipinski definition) is 4. The number of nitrogen functional groups attached to an aromatic ring is 1. The molecule has 0 saturated heterocycles. The van der Waals surface area contributed by atoms with Crippen LogP contribution in [0.5, 0.6) is 0 Å². The van der Waals surface area contributed by atoms with E-state index in [2.05, 4.69) is 20.2 Å². The molecule has 0 atom stereocenters. The molecule has 3 rings (SSSR count). The molecule has 0 unspecified atom stereocenters. The average Bonchev–Trinajstić information content (AvgIpc) is 2.81. The maximum absolute atomic E-state index is 5.64. The van der Waals surface area contributed by atoms with Gasteiger partial charge in [0.2, 0.25) is 0 Å². The molecule has 0 fully saturated rings. The molecular formula is C11H9N5. The van der Waals surface area contributed by atoms with Gasteiger partial charge < -0.3 is 5.73 Å². The minimum Gasteiger partial charge on any atom is -0.384 e. The van der Waals surface area contributed by atoms with E-state index in [9.17, 15) is 0 Å². The van der Waals surface area contributed by atoms with E-state index >= 15 is 0 Å². The topological polar surface area (TPSA) is 80.5 Å². The zero-order chi connectivity index (χ0) is 11.0. The van der Waals surface area contributed by atoms with Crippen molar-refractivity contribution < 1.29 is 0 Å². The van der Waals surface area contributed by atoms with E-state index in [0.29, 0.717) is 5.82 Å². The number of rotatable bonds is 1.